The van der Waals surface area contributed by atoms with E-state index in [-0.39, 0.29) is 0 Å². The van der Waals surface area contributed by atoms with Crippen molar-refractivity contribution in [1.82, 2.24) is 0 Å². The normalized spacial score (nSPS) is 12.8. The van der Waals surface area contributed by atoms with E-state index in [1.54, 1.807) is 19.9 Å². The molecule has 0 spiro atoms. The second-order valence-electron chi connectivity index (χ2n) is 3.21. The van der Waals surface area contributed by atoms with Crippen LogP contribution in [0.15, 0.2) is 34.6 Å². The molecule has 0 saturated carbocycles. The number of hydrogen-bond donors (Lipinski definition) is 0. The molecule has 0 atom stereocenters. The van der Waals surface area contributed by atoms with Crippen LogP contribution in [-0.2, 0) is 13.6 Å². The van der Waals surface area contributed by atoms with Crippen LogP contribution in [0.1, 0.15) is 19.4 Å². The van der Waals surface area contributed by atoms with E-state index < -0.39 is 7.60 Å². The van der Waals surface area contributed by atoms with E-state index in [4.69, 9.17) is 9.05 Å². The molecule has 0 bridgehead atoms. The van der Waals surface area contributed by atoms with Crippen LogP contribution in [0.2, 0.25) is 0 Å². The molecule has 0 aromatic heterocycles. The van der Waals surface area contributed by atoms with Crippen molar-refractivity contribution < 1.29 is 13.6 Å². The molecule has 0 aliphatic carbocycles. The lowest BCUT2D eigenvalue weighted by molar-refractivity contribution is 0.228. The van der Waals surface area contributed by atoms with Gasteiger partial charge in [0, 0.05) is 0 Å². The topological polar surface area (TPSA) is 35.5 Å². The molecule has 1 aromatic rings. The van der Waals surface area contributed by atoms with E-state index in [9.17, 15) is 4.57 Å². The maximum absolute atomic E-state index is 12.4. The van der Waals surface area contributed by atoms with Gasteiger partial charge >= 0.3 is 7.60 Å². The van der Waals surface area contributed by atoms with E-state index in [1.165, 1.54) is 0 Å². The van der Waals surface area contributed by atoms with Crippen LogP contribution in [0.4, 0.5) is 0 Å². The molecule has 0 aliphatic heterocycles. The minimum atomic E-state index is -3.20. The van der Waals surface area contributed by atoms with Crippen molar-refractivity contribution in [3.63, 3.8) is 0 Å². The van der Waals surface area contributed by atoms with Gasteiger partial charge in [-0.1, -0.05) is 30.3 Å². The Morgan fingerprint density at radius 3 is 2.24 bits per heavy atom. The predicted octanol–water partition coefficient (Wildman–Crippen LogP) is 4.65. The van der Waals surface area contributed by atoms with E-state index in [1.807, 2.05) is 30.3 Å². The largest absolute Gasteiger partial charge is 0.368 e. The Morgan fingerprint density at radius 2 is 1.76 bits per heavy atom. The van der Waals surface area contributed by atoms with E-state index in [0.717, 1.165) is 5.56 Å². The maximum Gasteiger partial charge on any atom is 0.368 e. The van der Waals surface area contributed by atoms with Crippen LogP contribution in [0.25, 0.3) is 6.08 Å². The zero-order valence-corrected chi connectivity index (χ0v) is 12.4. The molecule has 3 nitrogen and oxygen atoms in total. The highest BCUT2D eigenvalue weighted by Gasteiger charge is 2.27. The summed E-state index contributed by atoms with van der Waals surface area (Å²) in [6, 6.07) is 9.60. The highest BCUT2D eigenvalue weighted by molar-refractivity contribution is 9.13. The lowest BCUT2D eigenvalue weighted by Crippen LogP contribution is -1.95. The summed E-state index contributed by atoms with van der Waals surface area (Å²) in [7, 11) is -3.20. The first kappa shape index (κ1) is 14.7. The molecule has 0 radical (unpaired) electrons. The van der Waals surface area contributed by atoms with E-state index in [0.29, 0.717) is 17.4 Å². The molecule has 1 aromatic carbocycles. The van der Waals surface area contributed by atoms with Crippen LogP contribution < -0.4 is 0 Å². The van der Waals surface area contributed by atoms with Gasteiger partial charge in [-0.05, 0) is 41.4 Å². The van der Waals surface area contributed by atoms with Crippen molar-refractivity contribution in [2.24, 2.45) is 0 Å². The molecule has 0 heterocycles. The molecule has 0 saturated heterocycles. The summed E-state index contributed by atoms with van der Waals surface area (Å²) < 4.78 is 23.2. The van der Waals surface area contributed by atoms with Crippen LogP contribution in [0, 0.1) is 0 Å². The molecule has 0 fully saturated rings. The first-order valence-corrected chi connectivity index (χ1v) is 7.78. The van der Waals surface area contributed by atoms with Crippen molar-refractivity contribution >= 4 is 29.6 Å². The monoisotopic (exact) mass is 318 g/mol. The predicted molar refractivity (Wildman–Crippen MR) is 74.2 cm³/mol. The minimum Gasteiger partial charge on any atom is -0.305 e. The number of rotatable bonds is 6. The smallest absolute Gasteiger partial charge is 0.305 e. The Hall–Kier alpha value is -0.410. The molecule has 0 unspecified atom stereocenters. The maximum atomic E-state index is 12.4. The van der Waals surface area contributed by atoms with Gasteiger partial charge in [-0.2, -0.15) is 0 Å². The Balaban J connectivity index is 2.96. The molecule has 0 amide bonds. The number of benzene rings is 1. The highest BCUT2D eigenvalue weighted by Crippen LogP contribution is 2.59. The van der Waals surface area contributed by atoms with Crippen LogP contribution in [0.3, 0.4) is 0 Å². The van der Waals surface area contributed by atoms with Gasteiger partial charge in [0.1, 0.15) is 4.22 Å². The van der Waals surface area contributed by atoms with Gasteiger partial charge in [0.05, 0.1) is 13.2 Å². The zero-order valence-electron chi connectivity index (χ0n) is 9.93. The molecule has 94 valence electrons. The average molecular weight is 319 g/mol. The molecule has 0 N–H and O–H groups in total. The standard InChI is InChI=1S/C12H16BrO3P/c1-3-15-17(14,16-4-2)12(13)10-11-8-6-5-7-9-11/h5-10H,3-4H2,1-2H3/b12-10-. The van der Waals surface area contributed by atoms with Gasteiger partial charge < -0.3 is 9.05 Å². The van der Waals surface area contributed by atoms with Gasteiger partial charge in [-0.3, -0.25) is 4.57 Å². The fraction of sp³-hybridized carbons (Fsp3) is 0.333. The Kier molecular flexibility index (Phi) is 6.14. The summed E-state index contributed by atoms with van der Waals surface area (Å²) in [6.07, 6.45) is 1.76. The van der Waals surface area contributed by atoms with E-state index >= 15 is 0 Å². The summed E-state index contributed by atoms with van der Waals surface area (Å²) in [5, 5.41) is 0. The van der Waals surface area contributed by atoms with Gasteiger partial charge in [-0.15, -0.1) is 0 Å². The molecular formula is C12H16BrO3P. The number of hydrogen-bond acceptors (Lipinski definition) is 3. The van der Waals surface area contributed by atoms with Crippen LogP contribution in [0.5, 0.6) is 0 Å². The summed E-state index contributed by atoms with van der Waals surface area (Å²) >= 11 is 3.29. The van der Waals surface area contributed by atoms with Crippen LogP contribution in [-0.4, -0.2) is 13.2 Å². The van der Waals surface area contributed by atoms with Crippen molar-refractivity contribution in [2.45, 2.75) is 13.8 Å². The fourth-order valence-electron chi connectivity index (χ4n) is 1.27. The zero-order chi connectivity index (χ0) is 12.7. The highest BCUT2D eigenvalue weighted by atomic mass is 79.9. The molecule has 0 aliphatic rings. The summed E-state index contributed by atoms with van der Waals surface area (Å²) in [5.41, 5.74) is 0.944. The van der Waals surface area contributed by atoms with E-state index in [2.05, 4.69) is 15.9 Å². The number of halogens is 1. The molecular weight excluding hydrogens is 303 g/mol. The van der Waals surface area contributed by atoms with Crippen molar-refractivity contribution in [3.8, 4) is 0 Å². The fourth-order valence-corrected chi connectivity index (χ4v) is 3.45. The quantitative estimate of drug-likeness (QED) is 0.716. The first-order chi connectivity index (χ1) is 8.12. The lowest BCUT2D eigenvalue weighted by atomic mass is 10.2. The van der Waals surface area contributed by atoms with Gasteiger partial charge in [0.15, 0.2) is 0 Å². The SMILES string of the molecule is CCOP(=O)(OCC)/C(Br)=C\c1ccccc1. The summed E-state index contributed by atoms with van der Waals surface area (Å²) in [6.45, 7) is 4.26. The summed E-state index contributed by atoms with van der Waals surface area (Å²) in [4.78, 5) is 0. The third-order valence-corrected chi connectivity index (χ3v) is 5.33. The van der Waals surface area contributed by atoms with Crippen molar-refractivity contribution in [1.29, 1.82) is 0 Å². The Labute approximate surface area is 110 Å². The first-order valence-electron chi connectivity index (χ1n) is 5.44. The lowest BCUT2D eigenvalue weighted by Gasteiger charge is -2.16. The average Bonchev–Trinajstić information content (AvgIpc) is 2.31. The van der Waals surface area contributed by atoms with Gasteiger partial charge in [-0.25, -0.2) is 0 Å². The van der Waals surface area contributed by atoms with Crippen molar-refractivity contribution in [2.75, 3.05) is 13.2 Å². The van der Waals surface area contributed by atoms with Gasteiger partial charge in [0.2, 0.25) is 0 Å². The second kappa shape index (κ2) is 7.12. The third kappa shape index (κ3) is 4.40. The Bertz CT molecular complexity index is 407. The Morgan fingerprint density at radius 1 is 1.24 bits per heavy atom. The van der Waals surface area contributed by atoms with Gasteiger partial charge in [0.25, 0.3) is 0 Å². The minimum absolute atomic E-state index is 0.342. The van der Waals surface area contributed by atoms with Crippen molar-refractivity contribution in [3.05, 3.63) is 40.1 Å². The molecule has 1 rings (SSSR count). The third-order valence-electron chi connectivity index (χ3n) is 1.95. The molecule has 17 heavy (non-hydrogen) atoms. The molecule has 5 heteroatoms. The van der Waals surface area contributed by atoms with Crippen LogP contribution >= 0.6 is 23.5 Å². The summed E-state index contributed by atoms with van der Waals surface area (Å²) in [5.74, 6) is 0. The second-order valence-corrected chi connectivity index (χ2v) is 6.67.